The van der Waals surface area contributed by atoms with Crippen molar-refractivity contribution < 1.29 is 14.6 Å². The Balaban J connectivity index is 2.12. The monoisotopic (exact) mass is 299 g/mol. The highest BCUT2D eigenvalue weighted by Crippen LogP contribution is 2.34. The molecule has 0 amide bonds. The maximum absolute atomic E-state index is 10.2. The van der Waals surface area contributed by atoms with E-state index >= 15 is 0 Å². The molecule has 0 aromatic heterocycles. The van der Waals surface area contributed by atoms with E-state index in [0.29, 0.717) is 23.2 Å². The molecule has 20 heavy (non-hydrogen) atoms. The number of likely N-dealkylation sites (tertiary alicyclic amines) is 1. The predicted octanol–water partition coefficient (Wildman–Crippen LogP) is 2.91. The number of ether oxygens (including phenoxy) is 2. The van der Waals surface area contributed by atoms with Gasteiger partial charge in [-0.2, -0.15) is 0 Å². The van der Waals surface area contributed by atoms with Crippen LogP contribution < -0.4 is 4.74 Å². The summed E-state index contributed by atoms with van der Waals surface area (Å²) in [5, 5.41) is 10.7. The quantitative estimate of drug-likeness (QED) is 0.928. The van der Waals surface area contributed by atoms with E-state index in [9.17, 15) is 5.11 Å². The first-order chi connectivity index (χ1) is 9.55. The average Bonchev–Trinajstić information content (AvgIpc) is 2.44. The van der Waals surface area contributed by atoms with Gasteiger partial charge in [-0.3, -0.25) is 4.90 Å². The van der Waals surface area contributed by atoms with Crippen molar-refractivity contribution in [1.29, 1.82) is 0 Å². The Morgan fingerprint density at radius 2 is 2.15 bits per heavy atom. The van der Waals surface area contributed by atoms with E-state index in [0.717, 1.165) is 25.1 Å². The zero-order chi connectivity index (χ0) is 14.7. The molecule has 5 heteroatoms. The van der Waals surface area contributed by atoms with Gasteiger partial charge in [-0.25, -0.2) is 0 Å². The highest BCUT2D eigenvalue weighted by atomic mass is 35.5. The van der Waals surface area contributed by atoms with Crippen molar-refractivity contribution in [1.82, 2.24) is 4.90 Å². The molecule has 1 aromatic carbocycles. The number of aromatic hydroxyl groups is 1. The van der Waals surface area contributed by atoms with Gasteiger partial charge in [-0.15, -0.1) is 0 Å². The second kappa shape index (κ2) is 6.66. The lowest BCUT2D eigenvalue weighted by Gasteiger charge is -2.36. The van der Waals surface area contributed by atoms with E-state index in [1.165, 1.54) is 7.11 Å². The number of benzene rings is 1. The highest BCUT2D eigenvalue weighted by Gasteiger charge is 2.26. The van der Waals surface area contributed by atoms with Gasteiger partial charge in [0.05, 0.1) is 13.2 Å². The van der Waals surface area contributed by atoms with Crippen LogP contribution in [0.15, 0.2) is 12.1 Å². The van der Waals surface area contributed by atoms with Crippen LogP contribution in [0.4, 0.5) is 0 Å². The smallest absolute Gasteiger partial charge is 0.162 e. The summed E-state index contributed by atoms with van der Waals surface area (Å²) in [6, 6.07) is 3.41. The number of nitrogens with zero attached hydrogens (tertiary/aromatic N) is 1. The van der Waals surface area contributed by atoms with E-state index < -0.39 is 0 Å². The molecule has 1 heterocycles. The molecule has 0 bridgehead atoms. The van der Waals surface area contributed by atoms with Crippen molar-refractivity contribution in [3.05, 3.63) is 22.7 Å². The number of hydrogen-bond acceptors (Lipinski definition) is 4. The summed E-state index contributed by atoms with van der Waals surface area (Å²) in [6.45, 7) is 4.72. The first-order valence-corrected chi connectivity index (χ1v) is 7.23. The van der Waals surface area contributed by atoms with Crippen LogP contribution >= 0.6 is 11.6 Å². The second-order valence-electron chi connectivity index (χ2n) is 5.39. The third-order valence-electron chi connectivity index (χ3n) is 4.01. The van der Waals surface area contributed by atoms with E-state index in [4.69, 9.17) is 21.1 Å². The summed E-state index contributed by atoms with van der Waals surface area (Å²) in [7, 11) is 3.28. The minimum atomic E-state index is 0.171. The van der Waals surface area contributed by atoms with Crippen LogP contribution in [0.3, 0.4) is 0 Å². The molecule has 0 radical (unpaired) electrons. The fourth-order valence-corrected chi connectivity index (χ4v) is 2.92. The molecule has 112 valence electrons. The molecule has 0 aliphatic carbocycles. The lowest BCUT2D eigenvalue weighted by molar-refractivity contribution is -0.00763. The van der Waals surface area contributed by atoms with Crippen molar-refractivity contribution in [3.63, 3.8) is 0 Å². The first-order valence-electron chi connectivity index (χ1n) is 6.85. The minimum Gasteiger partial charge on any atom is -0.504 e. The van der Waals surface area contributed by atoms with Gasteiger partial charge in [0.2, 0.25) is 0 Å². The van der Waals surface area contributed by atoms with Gasteiger partial charge >= 0.3 is 0 Å². The van der Waals surface area contributed by atoms with Crippen LogP contribution in [-0.2, 0) is 11.3 Å². The highest BCUT2D eigenvalue weighted by molar-refractivity contribution is 6.30. The normalized spacial score (nSPS) is 23.8. The molecule has 1 aliphatic rings. The number of methoxy groups -OCH3 is 2. The summed E-state index contributed by atoms with van der Waals surface area (Å²) in [5.41, 5.74) is 0.791. The molecule has 1 aromatic rings. The summed E-state index contributed by atoms with van der Waals surface area (Å²) in [5.74, 6) is 1.16. The van der Waals surface area contributed by atoms with E-state index in [-0.39, 0.29) is 11.9 Å². The summed E-state index contributed by atoms with van der Waals surface area (Å²) < 4.78 is 10.7. The molecule has 1 fully saturated rings. The molecule has 1 saturated heterocycles. The van der Waals surface area contributed by atoms with Gasteiger partial charge in [0.1, 0.15) is 0 Å². The maximum atomic E-state index is 10.2. The number of rotatable bonds is 4. The number of halogens is 1. The first kappa shape index (κ1) is 15.4. The largest absolute Gasteiger partial charge is 0.504 e. The van der Waals surface area contributed by atoms with Gasteiger partial charge in [-0.05, 0) is 24.9 Å². The predicted molar refractivity (Wildman–Crippen MR) is 79.5 cm³/mol. The molecular weight excluding hydrogens is 278 g/mol. The fourth-order valence-electron chi connectivity index (χ4n) is 2.69. The number of phenolic OH excluding ortho intramolecular Hbond substituents is 1. The average molecular weight is 300 g/mol. The second-order valence-corrected chi connectivity index (χ2v) is 5.83. The van der Waals surface area contributed by atoms with Crippen LogP contribution in [0.25, 0.3) is 0 Å². The lowest BCUT2D eigenvalue weighted by atomic mass is 9.95. The topological polar surface area (TPSA) is 41.9 Å². The standard InChI is InChI=1S/C15H22ClNO3/c1-10-4-5-17(9-14(10)20-3)8-11-6-12(16)7-13(19-2)15(11)18/h6-7,10,14,18H,4-5,8-9H2,1-3H3. The van der Waals surface area contributed by atoms with Crippen molar-refractivity contribution in [2.45, 2.75) is 26.0 Å². The summed E-state index contributed by atoms with van der Waals surface area (Å²) >= 11 is 6.06. The Hall–Kier alpha value is -0.970. The third kappa shape index (κ3) is 3.37. The molecule has 2 rings (SSSR count). The van der Waals surface area contributed by atoms with Crippen molar-refractivity contribution in [2.24, 2.45) is 5.92 Å². The number of phenols is 1. The summed E-state index contributed by atoms with van der Waals surface area (Å²) in [6.07, 6.45) is 1.34. The van der Waals surface area contributed by atoms with Crippen LogP contribution in [-0.4, -0.2) is 43.4 Å². The van der Waals surface area contributed by atoms with E-state index in [1.54, 1.807) is 19.2 Å². The van der Waals surface area contributed by atoms with Crippen molar-refractivity contribution in [2.75, 3.05) is 27.3 Å². The fraction of sp³-hybridized carbons (Fsp3) is 0.600. The number of hydrogen-bond donors (Lipinski definition) is 1. The van der Waals surface area contributed by atoms with Crippen LogP contribution in [0, 0.1) is 5.92 Å². The Morgan fingerprint density at radius 1 is 1.40 bits per heavy atom. The molecule has 1 aliphatic heterocycles. The maximum Gasteiger partial charge on any atom is 0.162 e. The number of piperidine rings is 1. The minimum absolute atomic E-state index is 0.171. The molecule has 2 unspecified atom stereocenters. The Labute approximate surface area is 125 Å². The Morgan fingerprint density at radius 3 is 2.80 bits per heavy atom. The van der Waals surface area contributed by atoms with Crippen molar-refractivity contribution in [3.8, 4) is 11.5 Å². The van der Waals surface area contributed by atoms with E-state index in [1.807, 2.05) is 0 Å². The van der Waals surface area contributed by atoms with Crippen LogP contribution in [0.5, 0.6) is 11.5 Å². The van der Waals surface area contributed by atoms with Gasteiger partial charge in [0, 0.05) is 36.9 Å². The van der Waals surface area contributed by atoms with Crippen molar-refractivity contribution >= 4 is 11.6 Å². The zero-order valence-electron chi connectivity index (χ0n) is 12.2. The molecule has 0 spiro atoms. The molecule has 2 atom stereocenters. The van der Waals surface area contributed by atoms with Gasteiger partial charge < -0.3 is 14.6 Å². The molecule has 0 saturated carbocycles. The zero-order valence-corrected chi connectivity index (χ0v) is 13.0. The SMILES string of the molecule is COc1cc(Cl)cc(CN2CCC(C)C(OC)C2)c1O. The molecule has 1 N–H and O–H groups in total. The van der Waals surface area contributed by atoms with Gasteiger partial charge in [-0.1, -0.05) is 18.5 Å². The summed E-state index contributed by atoms with van der Waals surface area (Å²) in [4.78, 5) is 2.28. The van der Waals surface area contributed by atoms with Crippen LogP contribution in [0.1, 0.15) is 18.9 Å². The molecular formula is C15H22ClNO3. The van der Waals surface area contributed by atoms with Crippen LogP contribution in [0.2, 0.25) is 5.02 Å². The van der Waals surface area contributed by atoms with Gasteiger partial charge in [0.15, 0.2) is 11.5 Å². The third-order valence-corrected chi connectivity index (χ3v) is 4.23. The Kier molecular flexibility index (Phi) is 5.13. The molecule has 4 nitrogen and oxygen atoms in total. The lowest BCUT2D eigenvalue weighted by Crippen LogP contribution is -2.43. The van der Waals surface area contributed by atoms with Gasteiger partial charge in [0.25, 0.3) is 0 Å². The van der Waals surface area contributed by atoms with E-state index in [2.05, 4.69) is 11.8 Å². The Bertz CT molecular complexity index is 467.